The fourth-order valence-corrected chi connectivity index (χ4v) is 2.96. The maximum absolute atomic E-state index is 6.12. The summed E-state index contributed by atoms with van der Waals surface area (Å²) in [5.41, 5.74) is 0.951. The maximum Gasteiger partial charge on any atom is 0.163 e. The van der Waals surface area contributed by atoms with Gasteiger partial charge in [0.05, 0.1) is 6.04 Å². The number of nitrogens with zero attached hydrogens (tertiary/aromatic N) is 2. The fraction of sp³-hybridized carbons (Fsp3) is 0.125. The minimum Gasteiger partial charge on any atom is -0.363 e. The summed E-state index contributed by atoms with van der Waals surface area (Å²) in [6.45, 7) is 2.10. The Morgan fingerprint density at radius 3 is 2.62 bits per heavy atom. The van der Waals surface area contributed by atoms with Crippen LogP contribution in [0.4, 0.5) is 5.82 Å². The van der Waals surface area contributed by atoms with Crippen molar-refractivity contribution in [2.24, 2.45) is 0 Å². The molecule has 0 aliphatic heterocycles. The monoisotopic (exact) mass is 315 g/mol. The van der Waals surface area contributed by atoms with Crippen molar-refractivity contribution >= 4 is 28.8 Å². The van der Waals surface area contributed by atoms with E-state index in [9.17, 15) is 0 Å². The molecule has 0 aliphatic carbocycles. The molecule has 1 N–H and O–H groups in total. The smallest absolute Gasteiger partial charge is 0.163 e. The summed E-state index contributed by atoms with van der Waals surface area (Å²) in [5.74, 6) is 1.36. The molecule has 0 amide bonds. The van der Waals surface area contributed by atoms with Crippen LogP contribution in [0.3, 0.4) is 0 Å². The van der Waals surface area contributed by atoms with Gasteiger partial charge in [0.2, 0.25) is 0 Å². The third-order valence-corrected chi connectivity index (χ3v) is 4.31. The van der Waals surface area contributed by atoms with E-state index in [0.29, 0.717) is 11.0 Å². The molecule has 3 rings (SSSR count). The maximum atomic E-state index is 6.12. The minimum atomic E-state index is 0.180. The summed E-state index contributed by atoms with van der Waals surface area (Å²) < 4.78 is 0. The molecule has 0 aliphatic rings. The van der Waals surface area contributed by atoms with E-state index >= 15 is 0 Å². The average molecular weight is 316 g/mol. The zero-order chi connectivity index (χ0) is 14.7. The summed E-state index contributed by atoms with van der Waals surface area (Å²) in [6.07, 6.45) is 0. The van der Waals surface area contributed by atoms with Gasteiger partial charge in [-0.3, -0.25) is 0 Å². The number of hydrogen-bond donors (Lipinski definition) is 1. The Labute approximate surface area is 132 Å². The van der Waals surface area contributed by atoms with Gasteiger partial charge >= 0.3 is 0 Å². The molecule has 21 heavy (non-hydrogen) atoms. The number of nitrogens with one attached hydrogen (secondary N) is 1. The van der Waals surface area contributed by atoms with Crippen LogP contribution in [0.2, 0.25) is 5.15 Å². The van der Waals surface area contributed by atoms with Crippen molar-refractivity contribution in [1.29, 1.82) is 0 Å². The molecule has 106 valence electrons. The predicted molar refractivity (Wildman–Crippen MR) is 88.8 cm³/mol. The fourth-order valence-electron chi connectivity index (χ4n) is 2.04. The lowest BCUT2D eigenvalue weighted by atomic mass is 10.2. The van der Waals surface area contributed by atoms with Crippen LogP contribution in [0.15, 0.2) is 53.9 Å². The Morgan fingerprint density at radius 1 is 1.10 bits per heavy atom. The average Bonchev–Trinajstić information content (AvgIpc) is 3.02. The number of aromatic nitrogens is 2. The summed E-state index contributed by atoms with van der Waals surface area (Å²) in [6, 6.07) is 15.9. The molecule has 0 radical (unpaired) electrons. The third-order valence-electron chi connectivity index (χ3n) is 3.06. The highest BCUT2D eigenvalue weighted by molar-refractivity contribution is 7.10. The Morgan fingerprint density at radius 2 is 1.90 bits per heavy atom. The zero-order valence-corrected chi connectivity index (χ0v) is 13.0. The van der Waals surface area contributed by atoms with Crippen LogP contribution in [0.5, 0.6) is 0 Å². The molecule has 0 bridgehead atoms. The number of thiophene rings is 1. The van der Waals surface area contributed by atoms with Crippen molar-refractivity contribution in [2.75, 3.05) is 5.32 Å². The number of anilines is 1. The second kappa shape index (κ2) is 6.24. The van der Waals surface area contributed by atoms with Crippen molar-refractivity contribution < 1.29 is 0 Å². The predicted octanol–water partition coefficient (Wildman–Crippen LogP) is 5.03. The molecule has 1 aromatic carbocycles. The number of halogens is 1. The van der Waals surface area contributed by atoms with E-state index in [0.717, 1.165) is 11.4 Å². The summed E-state index contributed by atoms with van der Waals surface area (Å²) in [5, 5.41) is 5.87. The van der Waals surface area contributed by atoms with Crippen molar-refractivity contribution in [3.8, 4) is 11.4 Å². The van der Waals surface area contributed by atoms with Crippen molar-refractivity contribution in [2.45, 2.75) is 13.0 Å². The van der Waals surface area contributed by atoms with E-state index < -0.39 is 0 Å². The molecule has 0 saturated heterocycles. The molecule has 2 aromatic heterocycles. The van der Waals surface area contributed by atoms with Crippen LogP contribution >= 0.6 is 22.9 Å². The van der Waals surface area contributed by atoms with Gasteiger partial charge in [0.15, 0.2) is 5.82 Å². The molecule has 0 fully saturated rings. The first-order valence-corrected chi connectivity index (χ1v) is 7.88. The quantitative estimate of drug-likeness (QED) is 0.686. The van der Waals surface area contributed by atoms with E-state index in [4.69, 9.17) is 11.6 Å². The highest BCUT2D eigenvalue weighted by atomic mass is 35.5. The molecule has 3 nitrogen and oxygen atoms in total. The minimum absolute atomic E-state index is 0.180. The molecule has 0 saturated carbocycles. The summed E-state index contributed by atoms with van der Waals surface area (Å²) in [4.78, 5) is 10.1. The van der Waals surface area contributed by atoms with Crippen LogP contribution in [0.25, 0.3) is 11.4 Å². The third kappa shape index (κ3) is 3.40. The Kier molecular flexibility index (Phi) is 4.18. The molecule has 2 heterocycles. The van der Waals surface area contributed by atoms with Gasteiger partial charge in [0.25, 0.3) is 0 Å². The standard InChI is InChI=1S/C16H14ClN3S/c1-11(13-8-5-9-21-13)18-15-10-14(17)19-16(20-15)12-6-3-2-4-7-12/h2-11H,1H3,(H,18,19,20). The van der Waals surface area contributed by atoms with Gasteiger partial charge in [-0.25, -0.2) is 9.97 Å². The topological polar surface area (TPSA) is 37.8 Å². The highest BCUT2D eigenvalue weighted by Gasteiger charge is 2.10. The van der Waals surface area contributed by atoms with Crippen LogP contribution in [-0.2, 0) is 0 Å². The molecule has 1 unspecified atom stereocenters. The molecular formula is C16H14ClN3S. The molecule has 1 atom stereocenters. The lowest BCUT2D eigenvalue weighted by molar-refractivity contribution is 0.894. The second-order valence-corrected chi connectivity index (χ2v) is 6.01. The Balaban J connectivity index is 1.88. The summed E-state index contributed by atoms with van der Waals surface area (Å²) in [7, 11) is 0. The van der Waals surface area contributed by atoms with E-state index in [-0.39, 0.29) is 6.04 Å². The number of benzene rings is 1. The van der Waals surface area contributed by atoms with Gasteiger partial charge in [0.1, 0.15) is 11.0 Å². The van der Waals surface area contributed by atoms with E-state index in [1.54, 1.807) is 17.4 Å². The number of rotatable bonds is 4. The first-order chi connectivity index (χ1) is 10.2. The van der Waals surface area contributed by atoms with Crippen LogP contribution in [-0.4, -0.2) is 9.97 Å². The lowest BCUT2D eigenvalue weighted by Gasteiger charge is -2.13. The van der Waals surface area contributed by atoms with Gasteiger partial charge in [-0.2, -0.15) is 0 Å². The Bertz CT molecular complexity index is 714. The van der Waals surface area contributed by atoms with Crippen molar-refractivity contribution in [3.05, 3.63) is 63.9 Å². The van der Waals surface area contributed by atoms with Crippen LogP contribution < -0.4 is 5.32 Å². The molecular weight excluding hydrogens is 302 g/mol. The van der Waals surface area contributed by atoms with Crippen molar-refractivity contribution in [1.82, 2.24) is 9.97 Å². The molecule has 3 aromatic rings. The normalized spacial score (nSPS) is 12.1. The SMILES string of the molecule is CC(Nc1cc(Cl)nc(-c2ccccc2)n1)c1cccs1. The lowest BCUT2D eigenvalue weighted by Crippen LogP contribution is -2.07. The van der Waals surface area contributed by atoms with Gasteiger partial charge < -0.3 is 5.32 Å². The molecule has 0 spiro atoms. The van der Waals surface area contributed by atoms with Gasteiger partial charge in [-0.1, -0.05) is 48.0 Å². The second-order valence-electron chi connectivity index (χ2n) is 4.65. The van der Waals surface area contributed by atoms with Crippen LogP contribution in [0.1, 0.15) is 17.8 Å². The first-order valence-electron chi connectivity index (χ1n) is 6.62. The summed E-state index contributed by atoms with van der Waals surface area (Å²) >= 11 is 7.84. The number of hydrogen-bond acceptors (Lipinski definition) is 4. The molecule has 5 heteroatoms. The Hall–Kier alpha value is -1.91. The van der Waals surface area contributed by atoms with Crippen LogP contribution in [0, 0.1) is 0 Å². The van der Waals surface area contributed by atoms with E-state index in [2.05, 4.69) is 33.7 Å². The highest BCUT2D eigenvalue weighted by Crippen LogP contribution is 2.25. The van der Waals surface area contributed by atoms with Gasteiger partial charge in [-0.05, 0) is 18.4 Å². The zero-order valence-electron chi connectivity index (χ0n) is 11.5. The van der Waals surface area contributed by atoms with Gasteiger partial charge in [-0.15, -0.1) is 11.3 Å². The largest absolute Gasteiger partial charge is 0.363 e. The van der Waals surface area contributed by atoms with E-state index in [1.165, 1.54) is 4.88 Å². The van der Waals surface area contributed by atoms with Crippen molar-refractivity contribution in [3.63, 3.8) is 0 Å². The van der Waals surface area contributed by atoms with Gasteiger partial charge in [0, 0.05) is 16.5 Å². The first kappa shape index (κ1) is 14.0. The van der Waals surface area contributed by atoms with E-state index in [1.807, 2.05) is 36.4 Å².